The minimum atomic E-state index is -0.286. The third-order valence-corrected chi connectivity index (χ3v) is 1.56. The highest BCUT2D eigenvalue weighted by Gasteiger charge is 2.05. The van der Waals surface area contributed by atoms with Crippen molar-refractivity contribution in [1.82, 2.24) is 0 Å². The van der Waals surface area contributed by atoms with Gasteiger partial charge in [0.05, 0.1) is 0 Å². The summed E-state index contributed by atoms with van der Waals surface area (Å²) in [7, 11) is 0. The summed E-state index contributed by atoms with van der Waals surface area (Å²) in [5.41, 5.74) is 0. The molecule has 0 saturated heterocycles. The molecule has 1 nitrogen and oxygen atoms in total. The van der Waals surface area contributed by atoms with E-state index in [1.165, 1.54) is 0 Å². The van der Waals surface area contributed by atoms with Gasteiger partial charge in [-0.1, -0.05) is 6.92 Å². The highest BCUT2D eigenvalue weighted by Crippen LogP contribution is 2.16. The molecule has 0 radical (unpaired) electrons. The lowest BCUT2D eigenvalue weighted by Crippen LogP contribution is -2.02. The van der Waals surface area contributed by atoms with Gasteiger partial charge >= 0.3 is 0 Å². The molecule has 0 aliphatic rings. The van der Waals surface area contributed by atoms with Gasteiger partial charge in [0.15, 0.2) is 0 Å². The van der Waals surface area contributed by atoms with Crippen LogP contribution in [0, 0.1) is 5.92 Å². The second-order valence-electron chi connectivity index (χ2n) is 2.24. The molecule has 0 saturated carbocycles. The molecule has 0 aromatic carbocycles. The number of aliphatic hydroxyl groups excluding tert-OH is 1. The zero-order valence-electron chi connectivity index (χ0n) is 5.48. The molecule has 9 heavy (non-hydrogen) atoms. The lowest BCUT2D eigenvalue weighted by molar-refractivity contribution is 0.260. The molecule has 1 N–H and O–H groups in total. The summed E-state index contributed by atoms with van der Waals surface area (Å²) < 4.78 is 0. The maximum absolute atomic E-state index is 8.46. The van der Waals surface area contributed by atoms with Crippen molar-refractivity contribution >= 4 is 23.2 Å². The van der Waals surface area contributed by atoms with Crippen LogP contribution < -0.4 is 0 Å². The van der Waals surface area contributed by atoms with Gasteiger partial charge in [-0.15, -0.1) is 23.2 Å². The van der Waals surface area contributed by atoms with E-state index in [4.69, 9.17) is 28.3 Å². The van der Waals surface area contributed by atoms with Crippen LogP contribution in [0.5, 0.6) is 0 Å². The molecule has 0 fully saturated rings. The molecule has 56 valence electrons. The van der Waals surface area contributed by atoms with E-state index in [1.54, 1.807) is 0 Å². The van der Waals surface area contributed by atoms with E-state index < -0.39 is 0 Å². The molecule has 0 aliphatic heterocycles. The predicted molar refractivity (Wildman–Crippen MR) is 41.0 cm³/mol. The molecule has 0 aliphatic carbocycles. The van der Waals surface area contributed by atoms with E-state index in [-0.39, 0.29) is 11.4 Å². The maximum Gasteiger partial charge on any atom is 0.108 e. The van der Waals surface area contributed by atoms with Crippen molar-refractivity contribution < 1.29 is 5.11 Å². The SMILES string of the molecule is CC(CCO)CC(Cl)Cl. The normalized spacial score (nSPS) is 14.3. The summed E-state index contributed by atoms with van der Waals surface area (Å²) in [4.78, 5) is -0.286. The molecule has 0 aromatic heterocycles. The van der Waals surface area contributed by atoms with Crippen molar-refractivity contribution in [2.45, 2.75) is 24.6 Å². The summed E-state index contributed by atoms with van der Waals surface area (Å²) >= 11 is 11.0. The van der Waals surface area contributed by atoms with Gasteiger partial charge in [-0.2, -0.15) is 0 Å². The van der Waals surface area contributed by atoms with Crippen LogP contribution in [0.1, 0.15) is 19.8 Å². The summed E-state index contributed by atoms with van der Waals surface area (Å²) in [6.07, 6.45) is 1.56. The Kier molecular flexibility index (Phi) is 5.65. The van der Waals surface area contributed by atoms with Crippen molar-refractivity contribution in [2.75, 3.05) is 6.61 Å². The fourth-order valence-corrected chi connectivity index (χ4v) is 1.25. The van der Waals surface area contributed by atoms with E-state index in [9.17, 15) is 0 Å². The van der Waals surface area contributed by atoms with Crippen LogP contribution in [0.25, 0.3) is 0 Å². The smallest absolute Gasteiger partial charge is 0.108 e. The third kappa shape index (κ3) is 6.42. The van der Waals surface area contributed by atoms with Crippen molar-refractivity contribution in [1.29, 1.82) is 0 Å². The standard InChI is InChI=1S/C6H12Cl2O/c1-5(2-3-9)4-6(7)8/h5-6,9H,2-4H2,1H3. The molecule has 0 heterocycles. The van der Waals surface area contributed by atoms with Gasteiger partial charge < -0.3 is 5.11 Å². The predicted octanol–water partition coefficient (Wildman–Crippen LogP) is 2.20. The van der Waals surface area contributed by atoms with Crippen LogP contribution in [0.15, 0.2) is 0 Å². The fraction of sp³-hybridized carbons (Fsp3) is 1.00. The monoisotopic (exact) mass is 170 g/mol. The molecule has 0 rings (SSSR count). The number of alkyl halides is 2. The van der Waals surface area contributed by atoms with Gasteiger partial charge in [0.2, 0.25) is 0 Å². The van der Waals surface area contributed by atoms with Crippen molar-refractivity contribution in [3.8, 4) is 0 Å². The molecule has 0 spiro atoms. The van der Waals surface area contributed by atoms with Gasteiger partial charge in [-0.3, -0.25) is 0 Å². The van der Waals surface area contributed by atoms with Crippen molar-refractivity contribution in [3.63, 3.8) is 0 Å². The van der Waals surface area contributed by atoms with E-state index in [0.717, 1.165) is 12.8 Å². The minimum Gasteiger partial charge on any atom is -0.396 e. The molecule has 1 atom stereocenters. The number of hydrogen-bond acceptors (Lipinski definition) is 1. The average molecular weight is 171 g/mol. The van der Waals surface area contributed by atoms with Crippen LogP contribution in [0.2, 0.25) is 0 Å². The molecule has 0 aromatic rings. The molecular formula is C6H12Cl2O. The topological polar surface area (TPSA) is 20.2 Å². The van der Waals surface area contributed by atoms with Gasteiger partial charge in [0.1, 0.15) is 4.84 Å². The Morgan fingerprint density at radius 2 is 2.00 bits per heavy atom. The largest absolute Gasteiger partial charge is 0.396 e. The number of aliphatic hydroxyl groups is 1. The van der Waals surface area contributed by atoms with Crippen molar-refractivity contribution in [2.24, 2.45) is 5.92 Å². The van der Waals surface area contributed by atoms with Gasteiger partial charge in [-0.05, 0) is 18.8 Å². The van der Waals surface area contributed by atoms with Crippen LogP contribution >= 0.6 is 23.2 Å². The first kappa shape index (κ1) is 9.54. The zero-order chi connectivity index (χ0) is 7.28. The Bertz CT molecular complexity index is 66.1. The first-order valence-corrected chi connectivity index (χ1v) is 3.93. The summed E-state index contributed by atoms with van der Waals surface area (Å²) in [6, 6.07) is 0. The Labute approximate surface area is 66.0 Å². The second-order valence-corrected chi connectivity index (χ2v) is 3.52. The van der Waals surface area contributed by atoms with Gasteiger partial charge in [0.25, 0.3) is 0 Å². The van der Waals surface area contributed by atoms with Crippen LogP contribution in [0.3, 0.4) is 0 Å². The lowest BCUT2D eigenvalue weighted by atomic mass is 10.1. The van der Waals surface area contributed by atoms with Gasteiger partial charge in [-0.25, -0.2) is 0 Å². The summed E-state index contributed by atoms with van der Waals surface area (Å²) in [6.45, 7) is 2.25. The molecule has 0 bridgehead atoms. The van der Waals surface area contributed by atoms with Crippen molar-refractivity contribution in [3.05, 3.63) is 0 Å². The van der Waals surface area contributed by atoms with E-state index in [2.05, 4.69) is 0 Å². The molecule has 3 heteroatoms. The molecule has 1 unspecified atom stereocenters. The second kappa shape index (κ2) is 5.33. The first-order valence-electron chi connectivity index (χ1n) is 3.05. The van der Waals surface area contributed by atoms with Crippen LogP contribution in [-0.4, -0.2) is 16.5 Å². The Morgan fingerprint density at radius 1 is 1.44 bits per heavy atom. The summed E-state index contributed by atoms with van der Waals surface area (Å²) in [5.74, 6) is 0.426. The lowest BCUT2D eigenvalue weighted by Gasteiger charge is -2.08. The highest BCUT2D eigenvalue weighted by molar-refractivity contribution is 6.44. The average Bonchev–Trinajstić information content (AvgIpc) is 1.63. The Morgan fingerprint density at radius 3 is 2.33 bits per heavy atom. The van der Waals surface area contributed by atoms with E-state index >= 15 is 0 Å². The first-order chi connectivity index (χ1) is 4.16. The molecular weight excluding hydrogens is 159 g/mol. The third-order valence-electron chi connectivity index (χ3n) is 1.20. The zero-order valence-corrected chi connectivity index (χ0v) is 6.99. The fourth-order valence-electron chi connectivity index (χ4n) is 0.642. The number of hydrogen-bond donors (Lipinski definition) is 1. The van der Waals surface area contributed by atoms with Crippen LogP contribution in [0.4, 0.5) is 0 Å². The highest BCUT2D eigenvalue weighted by atomic mass is 35.5. The quantitative estimate of drug-likeness (QED) is 0.643. The Hall–Kier alpha value is 0.540. The Balaban J connectivity index is 3.15. The van der Waals surface area contributed by atoms with E-state index in [1.807, 2.05) is 6.92 Å². The van der Waals surface area contributed by atoms with E-state index in [0.29, 0.717) is 5.92 Å². The maximum atomic E-state index is 8.46. The molecule has 0 amide bonds. The number of halogens is 2. The number of rotatable bonds is 4. The van der Waals surface area contributed by atoms with Crippen LogP contribution in [-0.2, 0) is 0 Å². The summed E-state index contributed by atoms with van der Waals surface area (Å²) in [5, 5.41) is 8.46. The minimum absolute atomic E-state index is 0.224. The van der Waals surface area contributed by atoms with Gasteiger partial charge in [0, 0.05) is 6.61 Å².